The number of likely N-dealkylation sites (N-methyl/N-ethyl adjacent to an activating group) is 1. The van der Waals surface area contributed by atoms with Crippen molar-refractivity contribution in [2.75, 3.05) is 47.5 Å². The minimum atomic E-state index is -1.52. The molecule has 2 unspecified atom stereocenters. The largest absolute Gasteiger partial charge is 0.477 e. The number of carboxylic acid groups (broad SMARTS) is 1. The van der Waals surface area contributed by atoms with Gasteiger partial charge in [-0.2, -0.15) is 0 Å². The monoisotopic (exact) mass is 967 g/mol. The minimum absolute atomic E-state index is 0.180. The number of allylic oxidation sites excluding steroid dienone is 14. The van der Waals surface area contributed by atoms with Gasteiger partial charge in [-0.05, 0) is 70.6 Å². The van der Waals surface area contributed by atoms with Gasteiger partial charge >= 0.3 is 17.9 Å². The molecular weight excluding hydrogens is 863 g/mol. The smallest absolute Gasteiger partial charge is 0.361 e. The number of aliphatic carboxylic acids is 1. The first-order valence-corrected chi connectivity index (χ1v) is 27.8. The third kappa shape index (κ3) is 52.1. The highest BCUT2D eigenvalue weighted by atomic mass is 16.7. The van der Waals surface area contributed by atoms with Gasteiger partial charge in [-0.1, -0.05) is 221 Å². The molecule has 0 aromatic heterocycles. The van der Waals surface area contributed by atoms with Crippen LogP contribution in [0.1, 0.15) is 219 Å². The molecule has 0 rings (SSSR count). The van der Waals surface area contributed by atoms with Gasteiger partial charge in [0.2, 0.25) is 0 Å². The summed E-state index contributed by atoms with van der Waals surface area (Å²) in [7, 11) is 5.95. The van der Waals surface area contributed by atoms with Crippen LogP contribution in [0.4, 0.5) is 0 Å². The number of hydrogen-bond acceptors (Lipinski definition) is 7. The van der Waals surface area contributed by atoms with Gasteiger partial charge in [0.05, 0.1) is 34.4 Å². The molecule has 0 heterocycles. The second-order valence-corrected chi connectivity index (χ2v) is 19.5. The Kier molecular flexibility index (Phi) is 48.2. The van der Waals surface area contributed by atoms with E-state index in [1.807, 2.05) is 21.1 Å². The molecule has 0 spiro atoms. The van der Waals surface area contributed by atoms with Gasteiger partial charge in [0.15, 0.2) is 6.10 Å². The lowest BCUT2D eigenvalue weighted by Crippen LogP contribution is -2.40. The lowest BCUT2D eigenvalue weighted by Gasteiger charge is -2.25. The summed E-state index contributed by atoms with van der Waals surface area (Å²) < 4.78 is 22.8. The molecule has 0 aliphatic carbocycles. The number of carboxylic acids is 1. The van der Waals surface area contributed by atoms with Gasteiger partial charge in [0.1, 0.15) is 13.2 Å². The predicted octanol–water partition coefficient (Wildman–Crippen LogP) is 16.0. The van der Waals surface area contributed by atoms with Crippen LogP contribution >= 0.6 is 0 Å². The molecule has 0 bridgehead atoms. The van der Waals surface area contributed by atoms with Crippen LogP contribution in [0.3, 0.4) is 0 Å². The lowest BCUT2D eigenvalue weighted by molar-refractivity contribution is -0.870. The summed E-state index contributed by atoms with van der Waals surface area (Å²) in [6, 6.07) is 0. The third-order valence-corrected chi connectivity index (χ3v) is 11.7. The summed E-state index contributed by atoms with van der Waals surface area (Å²) in [6.07, 6.45) is 63.6. The van der Waals surface area contributed by atoms with Crippen LogP contribution in [0.5, 0.6) is 0 Å². The Balaban J connectivity index is 4.34. The van der Waals surface area contributed by atoms with Crippen LogP contribution in [0, 0.1) is 0 Å². The van der Waals surface area contributed by atoms with E-state index in [0.717, 1.165) is 96.3 Å². The topological polar surface area (TPSA) is 108 Å². The molecule has 0 aliphatic rings. The van der Waals surface area contributed by atoms with E-state index in [-0.39, 0.29) is 32.2 Å². The van der Waals surface area contributed by atoms with Crippen molar-refractivity contribution in [3.63, 3.8) is 0 Å². The maximum absolute atomic E-state index is 12.9. The molecule has 396 valence electrons. The Bertz CT molecular complexity index is 1400. The van der Waals surface area contributed by atoms with E-state index in [1.54, 1.807) is 0 Å². The van der Waals surface area contributed by atoms with E-state index in [9.17, 15) is 19.5 Å². The fourth-order valence-electron chi connectivity index (χ4n) is 7.40. The van der Waals surface area contributed by atoms with E-state index in [2.05, 4.69) is 98.9 Å². The highest BCUT2D eigenvalue weighted by Gasteiger charge is 2.25. The maximum atomic E-state index is 12.9. The molecule has 0 fully saturated rings. The predicted molar refractivity (Wildman–Crippen MR) is 290 cm³/mol. The number of ether oxygens (including phenoxy) is 4. The van der Waals surface area contributed by atoms with Crippen molar-refractivity contribution in [1.29, 1.82) is 0 Å². The van der Waals surface area contributed by atoms with Crippen molar-refractivity contribution in [2.45, 2.75) is 232 Å². The molecule has 0 saturated carbocycles. The quantitative estimate of drug-likeness (QED) is 0.0211. The number of esters is 2. The zero-order chi connectivity index (χ0) is 50.6. The van der Waals surface area contributed by atoms with Gasteiger partial charge in [-0.25, -0.2) is 4.79 Å². The van der Waals surface area contributed by atoms with E-state index < -0.39 is 24.3 Å². The van der Waals surface area contributed by atoms with Crippen molar-refractivity contribution in [2.24, 2.45) is 0 Å². The summed E-state index contributed by atoms with van der Waals surface area (Å²) in [5.74, 6) is -2.03. The average molecular weight is 967 g/mol. The molecule has 0 amide bonds. The van der Waals surface area contributed by atoms with Crippen LogP contribution in [0.2, 0.25) is 0 Å². The van der Waals surface area contributed by atoms with Crippen LogP contribution in [-0.2, 0) is 33.3 Å². The molecule has 0 aromatic carbocycles. The van der Waals surface area contributed by atoms with Crippen LogP contribution in [-0.4, -0.2) is 87.4 Å². The highest BCUT2D eigenvalue weighted by Crippen LogP contribution is 2.15. The summed E-state index contributed by atoms with van der Waals surface area (Å²) in [6.45, 7) is 4.74. The molecule has 69 heavy (non-hydrogen) atoms. The average Bonchev–Trinajstić information content (AvgIpc) is 3.31. The first kappa shape index (κ1) is 65.5. The molecule has 0 aromatic rings. The normalized spacial score (nSPS) is 13.5. The second kappa shape index (κ2) is 50.8. The van der Waals surface area contributed by atoms with Crippen molar-refractivity contribution in [3.8, 4) is 0 Å². The third-order valence-electron chi connectivity index (χ3n) is 11.7. The summed E-state index contributed by atoms with van der Waals surface area (Å²) in [5, 5.41) is 9.69. The number of hydrogen-bond donors (Lipinski definition) is 1. The Morgan fingerprint density at radius 3 is 1.23 bits per heavy atom. The van der Waals surface area contributed by atoms with Crippen molar-refractivity contribution in [3.05, 3.63) is 85.1 Å². The van der Waals surface area contributed by atoms with Gasteiger partial charge in [-0.15, -0.1) is 0 Å². The second-order valence-electron chi connectivity index (χ2n) is 19.5. The Morgan fingerprint density at radius 2 is 0.826 bits per heavy atom. The van der Waals surface area contributed by atoms with E-state index in [4.69, 9.17) is 18.9 Å². The lowest BCUT2D eigenvalue weighted by atomic mass is 10.0. The number of carbonyl (C=O) groups excluding carboxylic acids is 2. The molecule has 0 aliphatic heterocycles. The minimum Gasteiger partial charge on any atom is -0.477 e. The van der Waals surface area contributed by atoms with Gasteiger partial charge in [0, 0.05) is 12.8 Å². The number of nitrogens with zero attached hydrogens (tertiary/aromatic N) is 1. The Labute approximate surface area is 423 Å². The standard InChI is InChI=1S/C60H103NO8/c1-6-8-10-12-14-16-18-20-22-24-25-26-27-28-29-30-31-32-33-35-37-39-41-43-45-47-49-51-58(63)69-56(55-68-60(59(64)65)66-53-52-61(3,4)5)54-67-57(62)50-48-46-44-42-40-38-36-34-23-21-19-17-15-13-11-9-7-2/h8,10,14,16,20,22,25-26,28-29,31-32,35,37,56,60H,6-7,9,11-13,15,17-19,21,23-24,27,30,33-34,36,38-55H2,1-5H3/p+1/b10-8-,16-14-,22-20-,26-25-,29-28-,32-31-,37-35-. The van der Waals surface area contributed by atoms with Crippen molar-refractivity contribution in [1.82, 2.24) is 0 Å². The van der Waals surface area contributed by atoms with Gasteiger partial charge < -0.3 is 28.5 Å². The molecule has 9 heteroatoms. The van der Waals surface area contributed by atoms with E-state index in [1.165, 1.54) is 89.9 Å². The molecule has 0 radical (unpaired) electrons. The summed E-state index contributed by atoms with van der Waals surface area (Å²) >= 11 is 0. The van der Waals surface area contributed by atoms with E-state index >= 15 is 0 Å². The number of quaternary nitrogens is 1. The Morgan fingerprint density at radius 1 is 0.449 bits per heavy atom. The fourth-order valence-corrected chi connectivity index (χ4v) is 7.40. The van der Waals surface area contributed by atoms with Crippen LogP contribution in [0.25, 0.3) is 0 Å². The zero-order valence-electron chi connectivity index (χ0n) is 44.9. The van der Waals surface area contributed by atoms with Crippen molar-refractivity contribution >= 4 is 17.9 Å². The van der Waals surface area contributed by atoms with Gasteiger partial charge in [-0.3, -0.25) is 9.59 Å². The summed E-state index contributed by atoms with van der Waals surface area (Å²) in [5.41, 5.74) is 0. The highest BCUT2D eigenvalue weighted by molar-refractivity contribution is 5.71. The number of rotatable bonds is 50. The number of carbonyl (C=O) groups is 3. The van der Waals surface area contributed by atoms with Crippen LogP contribution in [0.15, 0.2) is 85.1 Å². The first-order valence-electron chi connectivity index (χ1n) is 27.8. The molecule has 9 nitrogen and oxygen atoms in total. The number of unbranched alkanes of at least 4 members (excludes halogenated alkanes) is 21. The summed E-state index contributed by atoms with van der Waals surface area (Å²) in [4.78, 5) is 37.4. The van der Waals surface area contributed by atoms with E-state index in [0.29, 0.717) is 23.9 Å². The SMILES string of the molecule is CC/C=C\C/C=C\C/C=C\C/C=C\C/C=C\C/C=C\C/C=C\CCCCCCCC(=O)OC(COC(=O)CCCCCCCCCCCCCCCCCCC)COC(OCC[N+](C)(C)C)C(=O)O. The zero-order valence-corrected chi connectivity index (χ0v) is 44.9. The molecular formula is C60H104NO8+. The fraction of sp³-hybridized carbons (Fsp3) is 0.717. The molecule has 2 atom stereocenters. The Hall–Kier alpha value is -3.53. The maximum Gasteiger partial charge on any atom is 0.361 e. The van der Waals surface area contributed by atoms with Crippen LogP contribution < -0.4 is 0 Å². The van der Waals surface area contributed by atoms with Gasteiger partial charge in [0.25, 0.3) is 6.29 Å². The molecule has 1 N–H and O–H groups in total. The molecule has 0 saturated heterocycles. The first-order chi connectivity index (χ1) is 33.6. The van der Waals surface area contributed by atoms with Crippen molar-refractivity contribution < 1.29 is 42.9 Å².